The number of nitrogens with one attached hydrogen (secondary N) is 1. The maximum absolute atomic E-state index is 12.7. The van der Waals surface area contributed by atoms with Crippen molar-refractivity contribution in [2.75, 3.05) is 25.6 Å². The summed E-state index contributed by atoms with van der Waals surface area (Å²) in [6.45, 7) is 2.72. The number of aromatic nitrogens is 3. The summed E-state index contributed by atoms with van der Waals surface area (Å²) in [5.74, 6) is -0.870. The zero-order valence-electron chi connectivity index (χ0n) is 17.1. The first kappa shape index (κ1) is 20.8. The molecule has 0 saturated carbocycles. The first-order valence-electron chi connectivity index (χ1n) is 9.74. The van der Waals surface area contributed by atoms with Crippen LogP contribution in [0.4, 0.5) is 9.80 Å². The van der Waals surface area contributed by atoms with Crippen molar-refractivity contribution < 1.29 is 23.9 Å². The van der Waals surface area contributed by atoms with Crippen LogP contribution >= 0.6 is 11.3 Å². The molecule has 0 atom stereocenters. The van der Waals surface area contributed by atoms with Gasteiger partial charge in [-0.15, -0.1) is 16.4 Å². The van der Waals surface area contributed by atoms with Gasteiger partial charge in [0.1, 0.15) is 17.1 Å². The van der Waals surface area contributed by atoms with Crippen LogP contribution < -0.4 is 5.32 Å². The van der Waals surface area contributed by atoms with Crippen molar-refractivity contribution in [3.63, 3.8) is 0 Å². The number of benzene rings is 1. The Labute approximate surface area is 181 Å². The van der Waals surface area contributed by atoms with Crippen LogP contribution in [0.3, 0.4) is 0 Å². The van der Waals surface area contributed by atoms with Crippen LogP contribution in [0, 0.1) is 0 Å². The molecule has 10 nitrogen and oxygen atoms in total. The number of fused-ring (bicyclic) bond motifs is 2. The van der Waals surface area contributed by atoms with Crippen LogP contribution in [0.25, 0.3) is 11.0 Å². The quantitative estimate of drug-likeness (QED) is 0.602. The lowest BCUT2D eigenvalue weighted by molar-refractivity contribution is -0.116. The van der Waals surface area contributed by atoms with E-state index in [9.17, 15) is 14.4 Å². The fourth-order valence-electron chi connectivity index (χ4n) is 3.52. The van der Waals surface area contributed by atoms with Crippen molar-refractivity contribution in [2.45, 2.75) is 26.4 Å². The van der Waals surface area contributed by atoms with Crippen molar-refractivity contribution >= 4 is 45.3 Å². The first-order valence-corrected chi connectivity index (χ1v) is 10.6. The number of carbonyl (C=O) groups excluding carboxylic acids is 3. The predicted octanol–water partition coefficient (Wildman–Crippen LogP) is 2.43. The number of rotatable bonds is 5. The number of carbonyl (C=O) groups is 3. The SMILES string of the molecule is CCOC(=O)N1CCc2c(sc(NC(=O)Cn3nnc4ccccc43)c2C(=O)OC)C1. The minimum absolute atomic E-state index is 0.0569. The van der Waals surface area contributed by atoms with E-state index in [0.717, 1.165) is 16.0 Å². The van der Waals surface area contributed by atoms with E-state index in [0.29, 0.717) is 35.6 Å². The van der Waals surface area contributed by atoms with E-state index >= 15 is 0 Å². The fourth-order valence-corrected chi connectivity index (χ4v) is 4.78. The Bertz CT molecular complexity index is 1150. The average Bonchev–Trinajstić information content (AvgIpc) is 3.33. The molecule has 0 radical (unpaired) electrons. The van der Waals surface area contributed by atoms with Gasteiger partial charge in [0.05, 0.1) is 31.3 Å². The van der Waals surface area contributed by atoms with Crippen molar-refractivity contribution in [1.82, 2.24) is 19.9 Å². The molecule has 1 N–H and O–H groups in total. The van der Waals surface area contributed by atoms with Gasteiger partial charge >= 0.3 is 12.1 Å². The first-order chi connectivity index (χ1) is 15.0. The van der Waals surface area contributed by atoms with Crippen molar-refractivity contribution in [3.8, 4) is 0 Å². The van der Waals surface area contributed by atoms with Crippen molar-refractivity contribution in [3.05, 3.63) is 40.3 Å². The summed E-state index contributed by atoms with van der Waals surface area (Å²) in [5.41, 5.74) is 2.55. The molecule has 2 aromatic heterocycles. The zero-order valence-corrected chi connectivity index (χ0v) is 17.9. The molecule has 0 unspecified atom stereocenters. The largest absolute Gasteiger partial charge is 0.465 e. The number of hydrogen-bond donors (Lipinski definition) is 1. The van der Waals surface area contributed by atoms with Gasteiger partial charge in [-0.2, -0.15) is 0 Å². The molecule has 0 bridgehead atoms. The van der Waals surface area contributed by atoms with E-state index < -0.39 is 12.1 Å². The number of thiophene rings is 1. The lowest BCUT2D eigenvalue weighted by Crippen LogP contribution is -2.36. The van der Waals surface area contributed by atoms with Gasteiger partial charge in [0.25, 0.3) is 0 Å². The summed E-state index contributed by atoms with van der Waals surface area (Å²) in [5, 5.41) is 11.3. The fraction of sp³-hybridized carbons (Fsp3) is 0.350. The van der Waals surface area contributed by atoms with E-state index in [1.807, 2.05) is 24.3 Å². The molecule has 1 aromatic carbocycles. The Morgan fingerprint density at radius 2 is 2.06 bits per heavy atom. The third-order valence-electron chi connectivity index (χ3n) is 4.94. The number of ether oxygens (including phenoxy) is 2. The molecule has 3 aromatic rings. The van der Waals surface area contributed by atoms with Gasteiger partial charge in [0.15, 0.2) is 0 Å². The molecular formula is C20H21N5O5S. The van der Waals surface area contributed by atoms with E-state index in [-0.39, 0.29) is 19.1 Å². The Kier molecular flexibility index (Phi) is 5.85. The zero-order chi connectivity index (χ0) is 22.0. The molecule has 0 fully saturated rings. The Balaban J connectivity index is 1.57. The van der Waals surface area contributed by atoms with Gasteiger partial charge in [-0.25, -0.2) is 14.3 Å². The highest BCUT2D eigenvalue weighted by atomic mass is 32.1. The molecule has 0 spiro atoms. The molecule has 3 heterocycles. The number of nitrogens with zero attached hydrogens (tertiary/aromatic N) is 4. The van der Waals surface area contributed by atoms with Crippen LogP contribution in [-0.2, 0) is 33.8 Å². The van der Waals surface area contributed by atoms with Crippen LogP contribution in [0.15, 0.2) is 24.3 Å². The number of methoxy groups -OCH3 is 1. The average molecular weight is 443 g/mol. The highest BCUT2D eigenvalue weighted by molar-refractivity contribution is 7.17. The second-order valence-electron chi connectivity index (χ2n) is 6.85. The Morgan fingerprint density at radius 1 is 1.26 bits per heavy atom. The summed E-state index contributed by atoms with van der Waals surface area (Å²) in [6, 6.07) is 7.34. The van der Waals surface area contributed by atoms with E-state index in [1.165, 1.54) is 23.1 Å². The van der Waals surface area contributed by atoms with Crippen LogP contribution in [0.5, 0.6) is 0 Å². The standard InChI is InChI=1S/C20H21N5O5S/c1-3-30-20(28)24-9-8-12-15(10-24)31-18(17(12)19(27)29-2)21-16(26)11-25-14-7-5-4-6-13(14)22-23-25/h4-7H,3,8-11H2,1-2H3,(H,21,26). The number of esters is 1. The summed E-state index contributed by atoms with van der Waals surface area (Å²) in [7, 11) is 1.30. The minimum Gasteiger partial charge on any atom is -0.465 e. The Hall–Kier alpha value is -3.47. The lowest BCUT2D eigenvalue weighted by Gasteiger charge is -2.26. The number of para-hydroxylation sites is 1. The predicted molar refractivity (Wildman–Crippen MR) is 113 cm³/mol. The van der Waals surface area contributed by atoms with Crippen LogP contribution in [0.1, 0.15) is 27.7 Å². The maximum Gasteiger partial charge on any atom is 0.410 e. The molecule has 31 heavy (non-hydrogen) atoms. The van der Waals surface area contributed by atoms with E-state index in [4.69, 9.17) is 9.47 Å². The lowest BCUT2D eigenvalue weighted by atomic mass is 10.0. The van der Waals surface area contributed by atoms with E-state index in [2.05, 4.69) is 15.6 Å². The minimum atomic E-state index is -0.524. The molecule has 1 aliphatic rings. The Morgan fingerprint density at radius 3 is 2.84 bits per heavy atom. The van der Waals surface area contributed by atoms with Gasteiger partial charge < -0.3 is 19.7 Å². The summed E-state index contributed by atoms with van der Waals surface area (Å²) >= 11 is 1.26. The third kappa shape index (κ3) is 4.08. The molecule has 0 saturated heterocycles. The van der Waals surface area contributed by atoms with Crippen molar-refractivity contribution in [2.24, 2.45) is 0 Å². The second-order valence-corrected chi connectivity index (χ2v) is 7.96. The smallest absolute Gasteiger partial charge is 0.410 e. The van der Waals surface area contributed by atoms with Gasteiger partial charge in [-0.3, -0.25) is 4.79 Å². The number of amides is 2. The molecule has 162 valence electrons. The third-order valence-corrected chi connectivity index (χ3v) is 6.07. The van der Waals surface area contributed by atoms with E-state index in [1.54, 1.807) is 11.8 Å². The molecular weight excluding hydrogens is 422 g/mol. The number of hydrogen-bond acceptors (Lipinski definition) is 8. The highest BCUT2D eigenvalue weighted by Gasteiger charge is 2.31. The monoisotopic (exact) mass is 443 g/mol. The molecule has 1 aliphatic heterocycles. The maximum atomic E-state index is 12.7. The molecule has 11 heteroatoms. The molecule has 2 amide bonds. The van der Waals surface area contributed by atoms with Gasteiger partial charge in [-0.1, -0.05) is 17.3 Å². The highest BCUT2D eigenvalue weighted by Crippen LogP contribution is 2.37. The summed E-state index contributed by atoms with van der Waals surface area (Å²) in [6.07, 6.45) is 0.0726. The van der Waals surface area contributed by atoms with Gasteiger partial charge in [0, 0.05) is 11.4 Å². The van der Waals surface area contributed by atoms with Crippen molar-refractivity contribution in [1.29, 1.82) is 0 Å². The molecule has 4 rings (SSSR count). The molecule has 0 aliphatic carbocycles. The summed E-state index contributed by atoms with van der Waals surface area (Å²) < 4.78 is 11.5. The van der Waals surface area contributed by atoms with Gasteiger partial charge in [0.2, 0.25) is 5.91 Å². The number of anilines is 1. The second kappa shape index (κ2) is 8.72. The van der Waals surface area contributed by atoms with Gasteiger partial charge in [-0.05, 0) is 31.0 Å². The normalized spacial score (nSPS) is 13.0. The summed E-state index contributed by atoms with van der Waals surface area (Å²) in [4.78, 5) is 39.7. The topological polar surface area (TPSA) is 116 Å². The van der Waals surface area contributed by atoms with Crippen LogP contribution in [-0.4, -0.2) is 58.1 Å². The van der Waals surface area contributed by atoms with Crippen LogP contribution in [0.2, 0.25) is 0 Å².